The molecule has 0 spiro atoms. The van der Waals surface area contributed by atoms with Gasteiger partial charge in [0.25, 0.3) is 0 Å². The van der Waals surface area contributed by atoms with Crippen molar-refractivity contribution in [2.45, 2.75) is 78.0 Å². The largest absolute Gasteiger partial charge is 0.998 e. The standard InChI is InChI=1S/C11H18P.C11H14P.Fe/c2*1-9(2)12(10(3)4)11-7-5-6-8-11;/h5-10H,1-4H3;9-10H,1-4H3;/q-1;-5;. The van der Waals surface area contributed by atoms with Crippen molar-refractivity contribution in [1.82, 2.24) is 0 Å². The van der Waals surface area contributed by atoms with Gasteiger partial charge in [-0.3, -0.25) is 0 Å². The van der Waals surface area contributed by atoms with Gasteiger partial charge in [-0.25, -0.2) is 12.1 Å². The van der Waals surface area contributed by atoms with E-state index in [9.17, 15) is 0 Å². The van der Waals surface area contributed by atoms with Crippen LogP contribution in [0.15, 0.2) is 24.3 Å². The molecule has 0 bridgehead atoms. The van der Waals surface area contributed by atoms with E-state index in [1.165, 1.54) is 5.30 Å². The molecule has 0 aliphatic carbocycles. The van der Waals surface area contributed by atoms with E-state index in [4.69, 9.17) is 0 Å². The van der Waals surface area contributed by atoms with E-state index < -0.39 is 0 Å². The second-order valence-corrected chi connectivity index (χ2v) is 13.9. The zero-order chi connectivity index (χ0) is 18.3. The fourth-order valence-electron chi connectivity index (χ4n) is 3.18. The van der Waals surface area contributed by atoms with E-state index >= 15 is 0 Å². The molecule has 0 amide bonds. The van der Waals surface area contributed by atoms with Crippen molar-refractivity contribution >= 4 is 26.5 Å². The van der Waals surface area contributed by atoms with Crippen LogP contribution < -0.4 is 10.6 Å². The van der Waals surface area contributed by atoms with Crippen LogP contribution in [0.2, 0.25) is 0 Å². The van der Waals surface area contributed by atoms with E-state index in [1.807, 2.05) is 0 Å². The van der Waals surface area contributed by atoms with Crippen LogP contribution in [0.25, 0.3) is 0 Å². The average Bonchev–Trinajstić information content (AvgIpc) is 3.11. The second kappa shape index (κ2) is 12.5. The number of hydrogen-bond acceptors (Lipinski definition) is 0. The summed E-state index contributed by atoms with van der Waals surface area (Å²) in [5.41, 5.74) is 3.03. The van der Waals surface area contributed by atoms with E-state index in [0.29, 0.717) is 11.3 Å². The molecule has 0 unspecified atom stereocenters. The van der Waals surface area contributed by atoms with Crippen LogP contribution >= 0.6 is 15.8 Å². The quantitative estimate of drug-likeness (QED) is 0.316. The molecule has 144 valence electrons. The summed E-state index contributed by atoms with van der Waals surface area (Å²) in [6, 6.07) is 20.7. The number of hydrogen-bond donors (Lipinski definition) is 0. The Morgan fingerprint density at radius 3 is 1.32 bits per heavy atom. The first kappa shape index (κ1) is 25.1. The van der Waals surface area contributed by atoms with Crippen molar-refractivity contribution in [2.24, 2.45) is 0 Å². The minimum atomic E-state index is -0.110. The van der Waals surface area contributed by atoms with Gasteiger partial charge in [0.05, 0.1) is 0 Å². The zero-order valence-corrected chi connectivity index (χ0v) is 19.8. The topological polar surface area (TPSA) is 0 Å². The second-order valence-electron chi connectivity index (χ2n) is 7.18. The van der Waals surface area contributed by atoms with Crippen LogP contribution in [-0.2, 0) is 17.1 Å². The van der Waals surface area contributed by atoms with Crippen LogP contribution in [0.1, 0.15) is 55.4 Å². The predicted octanol–water partition coefficient (Wildman–Crippen LogP) is 5.86. The number of rotatable bonds is 6. The Kier molecular flexibility index (Phi) is 12.5. The molecule has 0 aliphatic rings. The summed E-state index contributed by atoms with van der Waals surface area (Å²) in [6.45, 7) is 18.4. The third kappa shape index (κ3) is 8.10. The van der Waals surface area contributed by atoms with Crippen molar-refractivity contribution in [1.29, 1.82) is 0 Å². The molecule has 0 heterocycles. The van der Waals surface area contributed by atoms with Crippen LogP contribution in [0.3, 0.4) is 0 Å². The third-order valence-corrected chi connectivity index (χ3v) is 9.94. The monoisotopic (exact) mass is 414 g/mol. The van der Waals surface area contributed by atoms with E-state index in [2.05, 4.69) is 104 Å². The van der Waals surface area contributed by atoms with Crippen LogP contribution in [0, 0.1) is 24.3 Å². The Morgan fingerprint density at radius 1 is 0.640 bits per heavy atom. The van der Waals surface area contributed by atoms with E-state index in [1.54, 1.807) is 5.30 Å². The van der Waals surface area contributed by atoms with Gasteiger partial charge >= 0.3 is 0 Å². The van der Waals surface area contributed by atoms with Crippen molar-refractivity contribution in [3.63, 3.8) is 0 Å². The Hall–Kier alpha value is 0.0795. The van der Waals surface area contributed by atoms with Gasteiger partial charge in [-0.1, -0.05) is 66.7 Å². The minimum absolute atomic E-state index is 0. The summed E-state index contributed by atoms with van der Waals surface area (Å²) in [4.78, 5) is 0. The van der Waals surface area contributed by atoms with E-state index in [0.717, 1.165) is 11.3 Å². The Morgan fingerprint density at radius 2 is 1.00 bits per heavy atom. The van der Waals surface area contributed by atoms with Gasteiger partial charge in [-0.2, -0.15) is 12.1 Å². The van der Waals surface area contributed by atoms with Crippen molar-refractivity contribution in [2.75, 3.05) is 0 Å². The maximum Gasteiger partial charge on any atom is 0 e. The van der Waals surface area contributed by atoms with Gasteiger partial charge in [-0.15, -0.1) is 13.2 Å². The van der Waals surface area contributed by atoms with Crippen LogP contribution in [-0.4, -0.2) is 22.6 Å². The van der Waals surface area contributed by atoms with Gasteiger partial charge in [0, 0.05) is 17.1 Å². The molecule has 0 nitrogen and oxygen atoms in total. The molecule has 2 rings (SSSR count). The van der Waals surface area contributed by atoms with Gasteiger partial charge < -0.3 is 37.5 Å². The van der Waals surface area contributed by atoms with Crippen molar-refractivity contribution in [3.8, 4) is 0 Å². The molecule has 0 saturated heterocycles. The normalized spacial score (nSPS) is 11.4. The summed E-state index contributed by atoms with van der Waals surface area (Å²) >= 11 is 0. The molecule has 0 atom stereocenters. The van der Waals surface area contributed by atoms with Gasteiger partial charge in [0.15, 0.2) is 0 Å². The predicted molar refractivity (Wildman–Crippen MR) is 113 cm³/mol. The SMILES string of the molecule is CC(C)P([c-]1[c-][c-][c-][c-]1)C(C)C.CC(C)P([c-]1cccc1)C(C)C.[Fe]. The fraction of sp³-hybridized carbons (Fsp3) is 0.545. The van der Waals surface area contributed by atoms with E-state index in [-0.39, 0.29) is 32.9 Å². The smallest absolute Gasteiger partial charge is 0 e. The summed E-state index contributed by atoms with van der Waals surface area (Å²) in [7, 11) is -0.0471. The Balaban J connectivity index is 0.000000443. The zero-order valence-electron chi connectivity index (χ0n) is 16.9. The Bertz CT molecular complexity index is 458. The molecule has 0 saturated carbocycles. The molecule has 0 N–H and O–H groups in total. The molecule has 0 aliphatic heterocycles. The molecule has 0 fully saturated rings. The maximum absolute atomic E-state index is 3.09. The Labute approximate surface area is 169 Å². The van der Waals surface area contributed by atoms with Gasteiger partial charge in [0.2, 0.25) is 0 Å². The summed E-state index contributed by atoms with van der Waals surface area (Å²) in [6.07, 6.45) is 0. The van der Waals surface area contributed by atoms with Gasteiger partial charge in [-0.05, 0) is 11.3 Å². The fourth-order valence-corrected chi connectivity index (χ4v) is 8.68. The summed E-state index contributed by atoms with van der Waals surface area (Å²) in [5.74, 6) is 0. The molecular weight excluding hydrogens is 382 g/mol. The van der Waals surface area contributed by atoms with Crippen molar-refractivity contribution < 1.29 is 17.1 Å². The molecule has 0 radical (unpaired) electrons. The molecule has 25 heavy (non-hydrogen) atoms. The first-order chi connectivity index (χ1) is 11.3. The molecular formula is C22H32FeP2-6. The third-order valence-electron chi connectivity index (χ3n) is 3.85. The molecule has 0 aromatic heterocycles. The van der Waals surface area contributed by atoms with Crippen LogP contribution in [0.5, 0.6) is 0 Å². The molecule has 2 aromatic rings. The summed E-state index contributed by atoms with van der Waals surface area (Å²) in [5, 5.41) is 2.77. The minimum Gasteiger partial charge on any atom is -0.998 e. The molecule has 2 aromatic carbocycles. The first-order valence-electron chi connectivity index (χ1n) is 8.93. The van der Waals surface area contributed by atoms with Gasteiger partial charge in [0.1, 0.15) is 0 Å². The summed E-state index contributed by atoms with van der Waals surface area (Å²) < 4.78 is 0. The van der Waals surface area contributed by atoms with Crippen molar-refractivity contribution in [3.05, 3.63) is 48.5 Å². The van der Waals surface area contributed by atoms with Crippen LogP contribution in [0.4, 0.5) is 0 Å². The average molecular weight is 414 g/mol. The first-order valence-corrected chi connectivity index (χ1v) is 11.9. The molecule has 3 heteroatoms. The maximum atomic E-state index is 3.09.